The Bertz CT molecular complexity index is 723. The number of aromatic nitrogens is 4. The van der Waals surface area contributed by atoms with Gasteiger partial charge in [0.15, 0.2) is 0 Å². The molecule has 0 saturated carbocycles. The van der Waals surface area contributed by atoms with Gasteiger partial charge in [0.25, 0.3) is 0 Å². The largest absolute Gasteiger partial charge is 0.299 e. The van der Waals surface area contributed by atoms with E-state index < -0.39 is 0 Å². The van der Waals surface area contributed by atoms with Crippen LogP contribution >= 0.6 is 0 Å². The predicted octanol–water partition coefficient (Wildman–Crippen LogP) is 3.03. The molecule has 1 aliphatic rings. The fraction of sp³-hybridized carbons (Fsp3) is 0.368. The van der Waals surface area contributed by atoms with Gasteiger partial charge in [-0.05, 0) is 49.2 Å². The average molecular weight is 321 g/mol. The van der Waals surface area contributed by atoms with E-state index in [1.807, 2.05) is 29.3 Å². The molecule has 124 valence electrons. The van der Waals surface area contributed by atoms with Gasteiger partial charge < -0.3 is 0 Å². The monoisotopic (exact) mass is 321 g/mol. The van der Waals surface area contributed by atoms with Crippen molar-refractivity contribution in [3.63, 3.8) is 0 Å². The van der Waals surface area contributed by atoms with E-state index in [4.69, 9.17) is 0 Å². The van der Waals surface area contributed by atoms with Gasteiger partial charge in [-0.2, -0.15) is 10.2 Å². The summed E-state index contributed by atoms with van der Waals surface area (Å²) in [6.07, 6.45) is 8.09. The van der Waals surface area contributed by atoms with Crippen molar-refractivity contribution >= 4 is 0 Å². The second kappa shape index (κ2) is 7.01. The first-order valence-corrected chi connectivity index (χ1v) is 8.64. The lowest BCUT2D eigenvalue weighted by atomic mass is 9.93. The van der Waals surface area contributed by atoms with Crippen LogP contribution in [0.3, 0.4) is 0 Å². The highest BCUT2D eigenvalue weighted by atomic mass is 15.3. The minimum atomic E-state index is 0.639. The molecule has 0 amide bonds. The number of nitrogens with zero attached hydrogens (tertiary/aromatic N) is 4. The van der Waals surface area contributed by atoms with Crippen molar-refractivity contribution in [1.82, 2.24) is 24.9 Å². The quantitative estimate of drug-likeness (QED) is 0.786. The van der Waals surface area contributed by atoms with Gasteiger partial charge in [-0.15, -0.1) is 0 Å². The standard InChI is InChI=1S/C19H23N5/c1-9-21-24(11-1)15-17-4-2-16(3-5-17)14-23-12-7-18(8-13-23)19-6-10-20-22-19/h1-6,9-11,18H,7-8,12-15H2,(H,20,22). The molecule has 0 radical (unpaired) electrons. The van der Waals surface area contributed by atoms with E-state index in [1.54, 1.807) is 0 Å². The molecular formula is C19H23N5. The predicted molar refractivity (Wildman–Crippen MR) is 93.6 cm³/mol. The van der Waals surface area contributed by atoms with Crippen LogP contribution in [0.25, 0.3) is 0 Å². The van der Waals surface area contributed by atoms with Gasteiger partial charge in [0, 0.05) is 36.7 Å². The van der Waals surface area contributed by atoms with Gasteiger partial charge >= 0.3 is 0 Å². The summed E-state index contributed by atoms with van der Waals surface area (Å²) in [6.45, 7) is 4.18. The molecule has 3 aromatic rings. The first-order valence-electron chi connectivity index (χ1n) is 8.64. The molecule has 0 aliphatic carbocycles. The zero-order valence-corrected chi connectivity index (χ0v) is 13.8. The Balaban J connectivity index is 1.30. The number of likely N-dealkylation sites (tertiary alicyclic amines) is 1. The molecule has 3 heterocycles. The third-order valence-electron chi connectivity index (χ3n) is 4.88. The number of piperidine rings is 1. The Labute approximate surface area is 142 Å². The second-order valence-corrected chi connectivity index (χ2v) is 6.58. The van der Waals surface area contributed by atoms with Gasteiger partial charge in [0.05, 0.1) is 6.54 Å². The summed E-state index contributed by atoms with van der Waals surface area (Å²) >= 11 is 0. The van der Waals surface area contributed by atoms with Gasteiger partial charge in [0.1, 0.15) is 0 Å². The first-order chi connectivity index (χ1) is 11.9. The van der Waals surface area contributed by atoms with Crippen LogP contribution in [0, 0.1) is 0 Å². The Kier molecular flexibility index (Phi) is 4.42. The molecule has 1 aliphatic heterocycles. The molecule has 1 N–H and O–H groups in total. The SMILES string of the molecule is c1cnn(Cc2ccc(CN3CCC(c4ccn[nH]4)CC3)cc2)c1. The summed E-state index contributed by atoms with van der Waals surface area (Å²) in [5.74, 6) is 0.639. The van der Waals surface area contributed by atoms with Crippen molar-refractivity contribution in [2.75, 3.05) is 13.1 Å². The van der Waals surface area contributed by atoms with Crippen LogP contribution in [0.15, 0.2) is 55.0 Å². The van der Waals surface area contributed by atoms with Gasteiger partial charge in [-0.3, -0.25) is 14.7 Å². The fourth-order valence-corrected chi connectivity index (χ4v) is 3.49. The maximum Gasteiger partial charge on any atom is 0.0659 e. The third-order valence-corrected chi connectivity index (χ3v) is 4.88. The van der Waals surface area contributed by atoms with Crippen LogP contribution in [0.2, 0.25) is 0 Å². The van der Waals surface area contributed by atoms with Crippen molar-refractivity contribution in [3.05, 3.63) is 71.8 Å². The lowest BCUT2D eigenvalue weighted by molar-refractivity contribution is 0.203. The molecule has 1 aromatic carbocycles. The summed E-state index contributed by atoms with van der Waals surface area (Å²) in [4.78, 5) is 2.55. The number of nitrogens with one attached hydrogen (secondary N) is 1. The lowest BCUT2D eigenvalue weighted by Crippen LogP contribution is -2.32. The van der Waals surface area contributed by atoms with Crippen LogP contribution < -0.4 is 0 Å². The molecule has 4 rings (SSSR count). The van der Waals surface area contributed by atoms with Crippen LogP contribution in [-0.2, 0) is 13.1 Å². The molecule has 0 bridgehead atoms. The van der Waals surface area contributed by atoms with Gasteiger partial charge in [-0.25, -0.2) is 0 Å². The van der Waals surface area contributed by atoms with E-state index in [9.17, 15) is 0 Å². The van der Waals surface area contributed by atoms with Crippen molar-refractivity contribution in [1.29, 1.82) is 0 Å². The Morgan fingerprint density at radius 3 is 2.33 bits per heavy atom. The summed E-state index contributed by atoms with van der Waals surface area (Å²) in [7, 11) is 0. The molecule has 1 fully saturated rings. The zero-order chi connectivity index (χ0) is 16.2. The summed E-state index contributed by atoms with van der Waals surface area (Å²) in [6, 6.07) is 13.0. The number of aromatic amines is 1. The van der Waals surface area contributed by atoms with E-state index >= 15 is 0 Å². The molecule has 5 nitrogen and oxygen atoms in total. The van der Waals surface area contributed by atoms with E-state index in [1.165, 1.54) is 29.7 Å². The van der Waals surface area contributed by atoms with Crippen LogP contribution in [-0.4, -0.2) is 38.0 Å². The van der Waals surface area contributed by atoms with E-state index in [0.29, 0.717) is 5.92 Å². The molecule has 24 heavy (non-hydrogen) atoms. The minimum Gasteiger partial charge on any atom is -0.299 e. The highest BCUT2D eigenvalue weighted by Gasteiger charge is 2.21. The van der Waals surface area contributed by atoms with E-state index in [-0.39, 0.29) is 0 Å². The van der Waals surface area contributed by atoms with Crippen LogP contribution in [0.4, 0.5) is 0 Å². The second-order valence-electron chi connectivity index (χ2n) is 6.58. The number of hydrogen-bond donors (Lipinski definition) is 1. The van der Waals surface area contributed by atoms with Crippen LogP contribution in [0.1, 0.15) is 35.6 Å². The molecular weight excluding hydrogens is 298 g/mol. The van der Waals surface area contributed by atoms with E-state index in [2.05, 4.69) is 50.5 Å². The molecule has 0 spiro atoms. The molecule has 1 saturated heterocycles. The van der Waals surface area contributed by atoms with Crippen molar-refractivity contribution in [3.8, 4) is 0 Å². The van der Waals surface area contributed by atoms with Gasteiger partial charge in [0.2, 0.25) is 0 Å². The smallest absolute Gasteiger partial charge is 0.0659 e. The Morgan fingerprint density at radius 2 is 1.71 bits per heavy atom. The van der Waals surface area contributed by atoms with Gasteiger partial charge in [-0.1, -0.05) is 24.3 Å². The molecule has 0 unspecified atom stereocenters. The fourth-order valence-electron chi connectivity index (χ4n) is 3.49. The average Bonchev–Trinajstić information content (AvgIpc) is 3.31. The summed E-state index contributed by atoms with van der Waals surface area (Å²) in [5, 5.41) is 11.5. The summed E-state index contributed by atoms with van der Waals surface area (Å²) in [5.41, 5.74) is 3.97. The third kappa shape index (κ3) is 3.57. The lowest BCUT2D eigenvalue weighted by Gasteiger charge is -2.31. The summed E-state index contributed by atoms with van der Waals surface area (Å²) < 4.78 is 1.95. The minimum absolute atomic E-state index is 0.639. The van der Waals surface area contributed by atoms with Crippen LogP contribution in [0.5, 0.6) is 0 Å². The number of benzene rings is 1. The number of H-pyrrole nitrogens is 1. The maximum absolute atomic E-state index is 4.26. The Morgan fingerprint density at radius 1 is 0.958 bits per heavy atom. The molecule has 2 aromatic heterocycles. The number of rotatable bonds is 5. The molecule has 0 atom stereocenters. The topological polar surface area (TPSA) is 49.7 Å². The first kappa shape index (κ1) is 15.1. The normalized spacial score (nSPS) is 16.5. The number of hydrogen-bond acceptors (Lipinski definition) is 3. The highest BCUT2D eigenvalue weighted by Crippen LogP contribution is 2.27. The Hall–Kier alpha value is -2.40. The zero-order valence-electron chi connectivity index (χ0n) is 13.8. The highest BCUT2D eigenvalue weighted by molar-refractivity contribution is 5.23. The van der Waals surface area contributed by atoms with Crippen molar-refractivity contribution in [2.24, 2.45) is 0 Å². The molecule has 5 heteroatoms. The van der Waals surface area contributed by atoms with Crippen molar-refractivity contribution in [2.45, 2.75) is 31.8 Å². The van der Waals surface area contributed by atoms with E-state index in [0.717, 1.165) is 26.2 Å². The maximum atomic E-state index is 4.26. The van der Waals surface area contributed by atoms with Crippen molar-refractivity contribution < 1.29 is 0 Å².